The summed E-state index contributed by atoms with van der Waals surface area (Å²) in [5.41, 5.74) is 0.369. The Morgan fingerprint density at radius 1 is 1.36 bits per heavy atom. The van der Waals surface area contributed by atoms with Gasteiger partial charge in [-0.2, -0.15) is 0 Å². The first-order valence-electron chi connectivity index (χ1n) is 4.70. The zero-order chi connectivity index (χ0) is 8.65. The molecule has 0 aliphatic carbocycles. The van der Waals surface area contributed by atoms with Gasteiger partial charge in [-0.15, -0.1) is 0 Å². The monoisotopic (exact) mass is 155 g/mol. The maximum absolute atomic E-state index is 3.62. The highest BCUT2D eigenvalue weighted by Gasteiger charge is 2.36. The standard InChI is InChI=1S/C10H21N/c1-7(2)9-6-10(4,5)11-8(9)3/h7-9,11H,6H2,1-5H3. The van der Waals surface area contributed by atoms with E-state index in [4.69, 9.17) is 0 Å². The van der Waals surface area contributed by atoms with Crippen LogP contribution in [0.2, 0.25) is 0 Å². The second kappa shape index (κ2) is 2.78. The largest absolute Gasteiger partial charge is 0.309 e. The highest BCUT2D eigenvalue weighted by atomic mass is 15.0. The molecule has 1 saturated heterocycles. The van der Waals surface area contributed by atoms with Crippen LogP contribution in [-0.2, 0) is 0 Å². The van der Waals surface area contributed by atoms with Crippen LogP contribution in [0.1, 0.15) is 41.0 Å². The highest BCUT2D eigenvalue weighted by Crippen LogP contribution is 2.32. The molecule has 66 valence electrons. The van der Waals surface area contributed by atoms with E-state index in [1.54, 1.807) is 0 Å². The van der Waals surface area contributed by atoms with Crippen molar-refractivity contribution in [3.05, 3.63) is 0 Å². The predicted octanol–water partition coefficient (Wildman–Crippen LogP) is 2.42. The lowest BCUT2D eigenvalue weighted by Crippen LogP contribution is -2.36. The smallest absolute Gasteiger partial charge is 0.0131 e. The average molecular weight is 155 g/mol. The molecule has 1 aliphatic rings. The summed E-state index contributed by atoms with van der Waals surface area (Å²) in [5, 5.41) is 3.62. The lowest BCUT2D eigenvalue weighted by molar-refractivity contribution is 0.352. The molecule has 0 bridgehead atoms. The van der Waals surface area contributed by atoms with Crippen LogP contribution in [0.5, 0.6) is 0 Å². The van der Waals surface area contributed by atoms with Crippen LogP contribution in [0.4, 0.5) is 0 Å². The van der Waals surface area contributed by atoms with E-state index in [1.165, 1.54) is 6.42 Å². The van der Waals surface area contributed by atoms with Crippen molar-refractivity contribution in [2.24, 2.45) is 11.8 Å². The molecule has 0 spiro atoms. The summed E-state index contributed by atoms with van der Waals surface area (Å²) in [5.74, 6) is 1.68. The van der Waals surface area contributed by atoms with E-state index in [1.807, 2.05) is 0 Å². The zero-order valence-electron chi connectivity index (χ0n) is 8.44. The molecule has 0 aromatic heterocycles. The Morgan fingerprint density at radius 2 is 1.91 bits per heavy atom. The number of nitrogens with one attached hydrogen (secondary N) is 1. The maximum atomic E-state index is 3.62. The number of hydrogen-bond donors (Lipinski definition) is 1. The molecule has 1 N–H and O–H groups in total. The summed E-state index contributed by atoms with van der Waals surface area (Å²) < 4.78 is 0. The van der Waals surface area contributed by atoms with Gasteiger partial charge in [-0.25, -0.2) is 0 Å². The molecule has 1 heterocycles. The van der Waals surface area contributed by atoms with Gasteiger partial charge in [0.1, 0.15) is 0 Å². The van der Waals surface area contributed by atoms with Crippen molar-refractivity contribution in [2.75, 3.05) is 0 Å². The Bertz CT molecular complexity index is 138. The van der Waals surface area contributed by atoms with Crippen LogP contribution in [0.3, 0.4) is 0 Å². The van der Waals surface area contributed by atoms with Crippen molar-refractivity contribution in [3.63, 3.8) is 0 Å². The SMILES string of the molecule is CC(C)C1CC(C)(C)NC1C. The van der Waals surface area contributed by atoms with E-state index in [-0.39, 0.29) is 0 Å². The van der Waals surface area contributed by atoms with Crippen molar-refractivity contribution >= 4 is 0 Å². The third-order valence-electron chi connectivity index (χ3n) is 2.86. The number of hydrogen-bond acceptors (Lipinski definition) is 1. The molecule has 0 amide bonds. The van der Waals surface area contributed by atoms with E-state index in [0.29, 0.717) is 11.6 Å². The van der Waals surface area contributed by atoms with Crippen LogP contribution >= 0.6 is 0 Å². The molecule has 0 aromatic rings. The minimum atomic E-state index is 0.369. The topological polar surface area (TPSA) is 12.0 Å². The normalized spacial score (nSPS) is 36.5. The molecule has 0 saturated carbocycles. The molecule has 1 fully saturated rings. The van der Waals surface area contributed by atoms with Crippen molar-refractivity contribution in [1.29, 1.82) is 0 Å². The van der Waals surface area contributed by atoms with Crippen molar-refractivity contribution < 1.29 is 0 Å². The molecule has 1 nitrogen and oxygen atoms in total. The second-order valence-electron chi connectivity index (χ2n) is 4.93. The quantitative estimate of drug-likeness (QED) is 0.613. The fourth-order valence-corrected chi connectivity index (χ4v) is 2.36. The third-order valence-corrected chi connectivity index (χ3v) is 2.86. The van der Waals surface area contributed by atoms with Crippen LogP contribution in [0.15, 0.2) is 0 Å². The Balaban J connectivity index is 2.59. The molecule has 0 aromatic carbocycles. The summed E-state index contributed by atoms with van der Waals surface area (Å²) in [6.45, 7) is 11.5. The van der Waals surface area contributed by atoms with Gasteiger partial charge in [0, 0.05) is 11.6 Å². The van der Waals surface area contributed by atoms with Gasteiger partial charge < -0.3 is 5.32 Å². The molecule has 2 unspecified atom stereocenters. The first kappa shape index (κ1) is 9.05. The van der Waals surface area contributed by atoms with Crippen LogP contribution in [-0.4, -0.2) is 11.6 Å². The zero-order valence-corrected chi connectivity index (χ0v) is 8.44. The molecular weight excluding hydrogens is 134 g/mol. The van der Waals surface area contributed by atoms with Crippen LogP contribution in [0.25, 0.3) is 0 Å². The fraction of sp³-hybridized carbons (Fsp3) is 1.00. The Labute approximate surface area is 70.6 Å². The molecule has 1 heteroatoms. The number of rotatable bonds is 1. The van der Waals surface area contributed by atoms with Crippen molar-refractivity contribution in [3.8, 4) is 0 Å². The Hall–Kier alpha value is -0.0400. The lowest BCUT2D eigenvalue weighted by Gasteiger charge is -2.18. The first-order valence-corrected chi connectivity index (χ1v) is 4.70. The Kier molecular flexibility index (Phi) is 2.29. The second-order valence-corrected chi connectivity index (χ2v) is 4.93. The molecule has 2 atom stereocenters. The van der Waals surface area contributed by atoms with Crippen LogP contribution < -0.4 is 5.32 Å². The molecule has 1 aliphatic heterocycles. The average Bonchev–Trinajstić information content (AvgIpc) is 2.05. The summed E-state index contributed by atoms with van der Waals surface area (Å²) in [7, 11) is 0. The summed E-state index contributed by atoms with van der Waals surface area (Å²) >= 11 is 0. The minimum absolute atomic E-state index is 0.369. The lowest BCUT2D eigenvalue weighted by atomic mass is 9.86. The van der Waals surface area contributed by atoms with Crippen molar-refractivity contribution in [1.82, 2.24) is 5.32 Å². The van der Waals surface area contributed by atoms with Gasteiger partial charge in [0.15, 0.2) is 0 Å². The summed E-state index contributed by atoms with van der Waals surface area (Å²) in [6, 6.07) is 0.699. The third kappa shape index (κ3) is 1.96. The van der Waals surface area contributed by atoms with Gasteiger partial charge >= 0.3 is 0 Å². The van der Waals surface area contributed by atoms with Gasteiger partial charge in [-0.3, -0.25) is 0 Å². The van der Waals surface area contributed by atoms with Gasteiger partial charge in [0.2, 0.25) is 0 Å². The maximum Gasteiger partial charge on any atom is 0.0131 e. The first-order chi connectivity index (χ1) is 4.92. The van der Waals surface area contributed by atoms with Gasteiger partial charge in [0.25, 0.3) is 0 Å². The van der Waals surface area contributed by atoms with Gasteiger partial charge in [0.05, 0.1) is 0 Å². The summed E-state index contributed by atoms with van der Waals surface area (Å²) in [4.78, 5) is 0. The predicted molar refractivity (Wildman–Crippen MR) is 49.6 cm³/mol. The molecular formula is C10H21N. The van der Waals surface area contributed by atoms with Gasteiger partial charge in [-0.05, 0) is 39.0 Å². The highest BCUT2D eigenvalue weighted by molar-refractivity contribution is 4.95. The molecule has 1 rings (SSSR count). The van der Waals surface area contributed by atoms with E-state index in [2.05, 4.69) is 39.9 Å². The fourth-order valence-electron chi connectivity index (χ4n) is 2.36. The van der Waals surface area contributed by atoms with E-state index >= 15 is 0 Å². The van der Waals surface area contributed by atoms with E-state index in [0.717, 1.165) is 11.8 Å². The van der Waals surface area contributed by atoms with Crippen molar-refractivity contribution in [2.45, 2.75) is 52.6 Å². The summed E-state index contributed by atoms with van der Waals surface area (Å²) in [6.07, 6.45) is 1.33. The van der Waals surface area contributed by atoms with E-state index < -0.39 is 0 Å². The molecule has 0 radical (unpaired) electrons. The van der Waals surface area contributed by atoms with Gasteiger partial charge in [-0.1, -0.05) is 13.8 Å². The molecule has 11 heavy (non-hydrogen) atoms. The Morgan fingerprint density at radius 3 is 2.09 bits per heavy atom. The van der Waals surface area contributed by atoms with E-state index in [9.17, 15) is 0 Å². The minimum Gasteiger partial charge on any atom is -0.309 e. The van der Waals surface area contributed by atoms with Crippen LogP contribution in [0, 0.1) is 11.8 Å².